The van der Waals surface area contributed by atoms with E-state index in [2.05, 4.69) is 18.9 Å². The van der Waals surface area contributed by atoms with E-state index >= 15 is 0 Å². The number of hydrogen-bond acceptors (Lipinski definition) is 3. The minimum absolute atomic E-state index is 0.335. The number of benzene rings is 1. The summed E-state index contributed by atoms with van der Waals surface area (Å²) in [4.78, 5) is 24.1. The van der Waals surface area contributed by atoms with E-state index in [1.807, 2.05) is 6.92 Å². The smallest absolute Gasteiger partial charge is 0.267 e. The zero-order chi connectivity index (χ0) is 13.3. The monoisotopic (exact) mass is 244 g/mol. The van der Waals surface area contributed by atoms with E-state index < -0.39 is 0 Å². The Balaban J connectivity index is 2.29. The standard InChI is InChI=1S/C14H16N2O2/c1-9(2)8-10(3)15-16-13(17)11-6-4-5-7-12(11)14(16)18/h4-7,9H,8H2,1-3H3/b15-10+. The fourth-order valence-corrected chi connectivity index (χ4v) is 2.07. The molecule has 1 aliphatic rings. The molecule has 1 aromatic carbocycles. The molecule has 4 nitrogen and oxygen atoms in total. The molecule has 0 N–H and O–H groups in total. The van der Waals surface area contributed by atoms with Gasteiger partial charge in [-0.05, 0) is 31.4 Å². The van der Waals surface area contributed by atoms with Crippen molar-refractivity contribution in [3.05, 3.63) is 35.4 Å². The van der Waals surface area contributed by atoms with E-state index in [-0.39, 0.29) is 11.8 Å². The summed E-state index contributed by atoms with van der Waals surface area (Å²) < 4.78 is 0. The summed E-state index contributed by atoms with van der Waals surface area (Å²) >= 11 is 0. The number of carbonyl (C=O) groups is 2. The summed E-state index contributed by atoms with van der Waals surface area (Å²) in [5, 5.41) is 5.12. The molecular formula is C14H16N2O2. The van der Waals surface area contributed by atoms with Crippen LogP contribution in [0.25, 0.3) is 0 Å². The first-order valence-electron chi connectivity index (χ1n) is 6.02. The van der Waals surface area contributed by atoms with Gasteiger partial charge in [0.15, 0.2) is 0 Å². The number of carbonyl (C=O) groups excluding carboxylic acids is 2. The van der Waals surface area contributed by atoms with Gasteiger partial charge in [-0.1, -0.05) is 26.0 Å². The summed E-state index contributed by atoms with van der Waals surface area (Å²) in [5.41, 5.74) is 1.66. The van der Waals surface area contributed by atoms with Crippen LogP contribution >= 0.6 is 0 Å². The number of amides is 2. The van der Waals surface area contributed by atoms with Crippen molar-refractivity contribution in [2.24, 2.45) is 11.0 Å². The van der Waals surface area contributed by atoms with Crippen molar-refractivity contribution in [3.8, 4) is 0 Å². The predicted molar refractivity (Wildman–Crippen MR) is 69.5 cm³/mol. The average Bonchev–Trinajstić information content (AvgIpc) is 2.54. The van der Waals surface area contributed by atoms with Gasteiger partial charge in [0.05, 0.1) is 11.1 Å². The van der Waals surface area contributed by atoms with Crippen LogP contribution in [0.3, 0.4) is 0 Å². The number of imide groups is 1. The Morgan fingerprint density at radius 3 is 2.11 bits per heavy atom. The highest BCUT2D eigenvalue weighted by molar-refractivity contribution is 6.21. The maximum absolute atomic E-state index is 12.0. The fourth-order valence-electron chi connectivity index (χ4n) is 2.07. The van der Waals surface area contributed by atoms with E-state index in [1.54, 1.807) is 24.3 Å². The molecule has 1 aromatic rings. The van der Waals surface area contributed by atoms with Crippen molar-refractivity contribution in [1.82, 2.24) is 5.01 Å². The van der Waals surface area contributed by atoms with Crippen LogP contribution in [0.15, 0.2) is 29.4 Å². The molecule has 2 amide bonds. The molecule has 0 fully saturated rings. The lowest BCUT2D eigenvalue weighted by molar-refractivity contribution is 0.0658. The lowest BCUT2D eigenvalue weighted by atomic mass is 10.1. The molecule has 0 spiro atoms. The molecule has 0 saturated carbocycles. The van der Waals surface area contributed by atoms with Crippen molar-refractivity contribution >= 4 is 17.5 Å². The molecule has 0 aromatic heterocycles. The topological polar surface area (TPSA) is 49.7 Å². The summed E-state index contributed by atoms with van der Waals surface area (Å²) in [6.07, 6.45) is 0.771. The van der Waals surface area contributed by atoms with Gasteiger partial charge in [-0.2, -0.15) is 10.1 Å². The van der Waals surface area contributed by atoms with E-state index in [0.29, 0.717) is 17.0 Å². The van der Waals surface area contributed by atoms with E-state index in [9.17, 15) is 9.59 Å². The summed E-state index contributed by atoms with van der Waals surface area (Å²) in [6.45, 7) is 5.98. The van der Waals surface area contributed by atoms with Gasteiger partial charge in [-0.25, -0.2) is 0 Å². The third-order valence-corrected chi connectivity index (χ3v) is 2.75. The van der Waals surface area contributed by atoms with Crippen LogP contribution in [-0.4, -0.2) is 22.5 Å². The Hall–Kier alpha value is -1.97. The molecule has 0 bridgehead atoms. The summed E-state index contributed by atoms with van der Waals surface area (Å²) in [6, 6.07) is 6.81. The molecule has 0 radical (unpaired) electrons. The van der Waals surface area contributed by atoms with Crippen molar-refractivity contribution in [3.63, 3.8) is 0 Å². The van der Waals surface area contributed by atoms with Crippen LogP contribution in [0, 0.1) is 5.92 Å². The molecule has 1 aliphatic heterocycles. The van der Waals surface area contributed by atoms with Crippen LogP contribution in [0.4, 0.5) is 0 Å². The summed E-state index contributed by atoms with van der Waals surface area (Å²) in [7, 11) is 0. The Kier molecular flexibility index (Phi) is 3.28. The van der Waals surface area contributed by atoms with Crippen LogP contribution in [0.2, 0.25) is 0 Å². The van der Waals surface area contributed by atoms with Crippen LogP contribution < -0.4 is 0 Å². The molecular weight excluding hydrogens is 228 g/mol. The fraction of sp³-hybridized carbons (Fsp3) is 0.357. The number of rotatable bonds is 3. The van der Waals surface area contributed by atoms with Gasteiger partial charge in [0, 0.05) is 5.71 Å². The first-order chi connectivity index (χ1) is 8.50. The SMILES string of the molecule is C/C(CC(C)C)=N\N1C(=O)c2ccccc2C1=O. The quantitative estimate of drug-likeness (QED) is 0.606. The van der Waals surface area contributed by atoms with E-state index in [1.165, 1.54) is 0 Å². The van der Waals surface area contributed by atoms with Gasteiger partial charge >= 0.3 is 0 Å². The number of nitrogens with zero attached hydrogens (tertiary/aromatic N) is 2. The third kappa shape index (κ3) is 2.18. The number of hydrazone groups is 1. The maximum atomic E-state index is 12.0. The molecule has 0 unspecified atom stereocenters. The Morgan fingerprint density at radius 1 is 1.17 bits per heavy atom. The Bertz CT molecular complexity index is 497. The van der Waals surface area contributed by atoms with Crippen LogP contribution in [0.5, 0.6) is 0 Å². The number of fused-ring (bicyclic) bond motifs is 1. The second-order valence-corrected chi connectivity index (χ2v) is 4.90. The highest BCUT2D eigenvalue weighted by Gasteiger charge is 2.35. The zero-order valence-corrected chi connectivity index (χ0v) is 10.8. The zero-order valence-electron chi connectivity index (χ0n) is 10.8. The molecule has 94 valence electrons. The average molecular weight is 244 g/mol. The Labute approximate surface area is 106 Å². The van der Waals surface area contributed by atoms with Crippen molar-refractivity contribution in [2.75, 3.05) is 0 Å². The van der Waals surface area contributed by atoms with Gasteiger partial charge < -0.3 is 0 Å². The van der Waals surface area contributed by atoms with Crippen LogP contribution in [-0.2, 0) is 0 Å². The summed E-state index contributed by atoms with van der Waals surface area (Å²) in [5.74, 6) is -0.221. The van der Waals surface area contributed by atoms with Gasteiger partial charge in [-0.3, -0.25) is 9.59 Å². The second kappa shape index (κ2) is 4.72. The minimum atomic E-state index is -0.335. The second-order valence-electron chi connectivity index (χ2n) is 4.90. The molecule has 1 heterocycles. The normalized spacial score (nSPS) is 15.6. The maximum Gasteiger partial charge on any atom is 0.282 e. The van der Waals surface area contributed by atoms with E-state index in [0.717, 1.165) is 17.1 Å². The first kappa shape index (κ1) is 12.5. The molecule has 2 rings (SSSR count). The molecule has 0 aliphatic carbocycles. The highest BCUT2D eigenvalue weighted by atomic mass is 16.2. The molecule has 4 heteroatoms. The molecule has 0 atom stereocenters. The van der Waals surface area contributed by atoms with Crippen molar-refractivity contribution in [2.45, 2.75) is 27.2 Å². The highest BCUT2D eigenvalue weighted by Crippen LogP contribution is 2.22. The lowest BCUT2D eigenvalue weighted by Crippen LogP contribution is -2.25. The largest absolute Gasteiger partial charge is 0.282 e. The predicted octanol–water partition coefficient (Wildman–Crippen LogP) is 2.70. The van der Waals surface area contributed by atoms with Crippen LogP contribution in [0.1, 0.15) is 47.9 Å². The molecule has 18 heavy (non-hydrogen) atoms. The van der Waals surface area contributed by atoms with Gasteiger partial charge in [0.25, 0.3) is 11.8 Å². The number of hydrogen-bond donors (Lipinski definition) is 0. The lowest BCUT2D eigenvalue weighted by Gasteiger charge is -2.10. The van der Waals surface area contributed by atoms with Gasteiger partial charge in [0.1, 0.15) is 0 Å². The van der Waals surface area contributed by atoms with Crippen molar-refractivity contribution < 1.29 is 9.59 Å². The first-order valence-corrected chi connectivity index (χ1v) is 6.02. The Morgan fingerprint density at radius 2 is 1.67 bits per heavy atom. The molecule has 0 saturated heterocycles. The third-order valence-electron chi connectivity index (χ3n) is 2.75. The van der Waals surface area contributed by atoms with Gasteiger partial charge in [-0.15, -0.1) is 0 Å². The van der Waals surface area contributed by atoms with Crippen molar-refractivity contribution in [1.29, 1.82) is 0 Å². The van der Waals surface area contributed by atoms with E-state index in [4.69, 9.17) is 0 Å². The minimum Gasteiger partial charge on any atom is -0.267 e. The van der Waals surface area contributed by atoms with Gasteiger partial charge in [0.2, 0.25) is 0 Å².